The van der Waals surface area contributed by atoms with E-state index in [1.54, 1.807) is 40.4 Å². The highest BCUT2D eigenvalue weighted by Gasteiger charge is 2.04. The Morgan fingerprint density at radius 1 is 1.30 bits per heavy atom. The van der Waals surface area contributed by atoms with Gasteiger partial charge in [-0.2, -0.15) is 11.3 Å². The average molecular weight is 345 g/mol. The van der Waals surface area contributed by atoms with Crippen molar-refractivity contribution in [3.05, 3.63) is 69.6 Å². The Morgan fingerprint density at radius 3 is 2.87 bits per heavy atom. The van der Waals surface area contributed by atoms with Crippen LogP contribution in [0.25, 0.3) is 11.8 Å². The molecule has 1 amide bonds. The summed E-state index contributed by atoms with van der Waals surface area (Å²) in [4.78, 5) is 11.8. The number of rotatable bonds is 5. The molecule has 0 radical (unpaired) electrons. The van der Waals surface area contributed by atoms with Crippen LogP contribution in [0.15, 0.2) is 53.4 Å². The van der Waals surface area contributed by atoms with E-state index in [2.05, 4.69) is 15.6 Å². The number of hydrogen-bond donors (Lipinski definition) is 1. The lowest BCUT2D eigenvalue weighted by Gasteiger charge is -1.98. The summed E-state index contributed by atoms with van der Waals surface area (Å²) in [6.45, 7) is 0.327. The molecule has 1 aromatic carbocycles. The van der Waals surface area contributed by atoms with E-state index in [-0.39, 0.29) is 5.91 Å². The van der Waals surface area contributed by atoms with E-state index in [1.165, 1.54) is 6.08 Å². The Kier molecular flexibility index (Phi) is 4.85. The van der Waals surface area contributed by atoms with Gasteiger partial charge in [-0.15, -0.1) is 5.10 Å². The second-order valence-electron chi connectivity index (χ2n) is 4.74. The molecular formula is C16H13ClN4OS. The van der Waals surface area contributed by atoms with Crippen LogP contribution >= 0.6 is 22.9 Å². The smallest absolute Gasteiger partial charge is 0.244 e. The number of thiophene rings is 1. The topological polar surface area (TPSA) is 59.8 Å². The van der Waals surface area contributed by atoms with Crippen LogP contribution in [-0.4, -0.2) is 20.9 Å². The molecule has 0 fully saturated rings. The molecule has 3 rings (SSSR count). The maximum absolute atomic E-state index is 11.8. The lowest BCUT2D eigenvalue weighted by molar-refractivity contribution is -0.116. The van der Waals surface area contributed by atoms with Gasteiger partial charge in [0, 0.05) is 16.5 Å². The molecule has 0 atom stereocenters. The van der Waals surface area contributed by atoms with Crippen LogP contribution in [0.2, 0.25) is 5.02 Å². The van der Waals surface area contributed by atoms with Crippen LogP contribution in [0.3, 0.4) is 0 Å². The number of amides is 1. The van der Waals surface area contributed by atoms with Gasteiger partial charge in [0.2, 0.25) is 5.91 Å². The van der Waals surface area contributed by atoms with E-state index < -0.39 is 0 Å². The van der Waals surface area contributed by atoms with Gasteiger partial charge in [0.05, 0.1) is 18.4 Å². The van der Waals surface area contributed by atoms with Crippen molar-refractivity contribution in [2.75, 3.05) is 0 Å². The van der Waals surface area contributed by atoms with Gasteiger partial charge in [0.25, 0.3) is 0 Å². The molecule has 0 saturated carbocycles. The summed E-state index contributed by atoms with van der Waals surface area (Å²) in [5, 5.41) is 15.5. The van der Waals surface area contributed by atoms with Gasteiger partial charge in [-0.25, -0.2) is 4.68 Å². The number of carbonyl (C=O) groups is 1. The van der Waals surface area contributed by atoms with E-state index in [9.17, 15) is 4.79 Å². The number of halogens is 1. The highest BCUT2D eigenvalue weighted by Crippen LogP contribution is 2.11. The summed E-state index contributed by atoms with van der Waals surface area (Å²) < 4.78 is 1.68. The maximum Gasteiger partial charge on any atom is 0.244 e. The van der Waals surface area contributed by atoms with Gasteiger partial charge in [-0.1, -0.05) is 28.9 Å². The van der Waals surface area contributed by atoms with Crippen molar-refractivity contribution in [1.82, 2.24) is 20.3 Å². The highest BCUT2D eigenvalue weighted by atomic mass is 35.5. The number of aromatic nitrogens is 3. The van der Waals surface area contributed by atoms with Crippen molar-refractivity contribution in [2.45, 2.75) is 6.54 Å². The standard InChI is InChI=1S/C16H13ClN4OS/c17-13-4-1-12(2-5-13)3-6-16(22)18-9-14-10-21(20-19-14)15-7-8-23-11-15/h1-8,10-11H,9H2,(H,18,22)/b6-3+. The van der Waals surface area contributed by atoms with Gasteiger partial charge in [-0.05, 0) is 35.2 Å². The first-order valence-corrected chi connectivity index (χ1v) is 8.18. The minimum Gasteiger partial charge on any atom is -0.347 e. The normalized spacial score (nSPS) is 11.0. The second kappa shape index (κ2) is 7.21. The number of benzene rings is 1. The summed E-state index contributed by atoms with van der Waals surface area (Å²) in [7, 11) is 0. The number of hydrogen-bond acceptors (Lipinski definition) is 4. The van der Waals surface area contributed by atoms with E-state index in [1.807, 2.05) is 29.0 Å². The molecule has 2 heterocycles. The monoisotopic (exact) mass is 344 g/mol. The molecule has 0 aliphatic rings. The molecule has 3 aromatic rings. The van der Waals surface area contributed by atoms with Crippen LogP contribution in [-0.2, 0) is 11.3 Å². The molecule has 0 aliphatic heterocycles. The first-order chi connectivity index (χ1) is 11.2. The minimum atomic E-state index is -0.190. The van der Waals surface area contributed by atoms with Crippen molar-refractivity contribution in [1.29, 1.82) is 0 Å². The zero-order chi connectivity index (χ0) is 16.1. The van der Waals surface area contributed by atoms with E-state index in [0.29, 0.717) is 17.3 Å². The minimum absolute atomic E-state index is 0.190. The Morgan fingerprint density at radius 2 is 2.13 bits per heavy atom. The molecule has 0 unspecified atom stereocenters. The SMILES string of the molecule is O=C(/C=C/c1ccc(Cl)cc1)NCc1cn(-c2ccsc2)nn1. The predicted octanol–water partition coefficient (Wildman–Crippen LogP) is 3.31. The van der Waals surface area contributed by atoms with Gasteiger partial charge in [-0.3, -0.25) is 4.79 Å². The molecule has 23 heavy (non-hydrogen) atoms. The largest absolute Gasteiger partial charge is 0.347 e. The molecule has 116 valence electrons. The number of carbonyl (C=O) groups excluding carboxylic acids is 1. The van der Waals surface area contributed by atoms with Crippen molar-refractivity contribution in [3.8, 4) is 5.69 Å². The molecule has 0 bridgehead atoms. The lowest BCUT2D eigenvalue weighted by atomic mass is 10.2. The zero-order valence-electron chi connectivity index (χ0n) is 12.0. The van der Waals surface area contributed by atoms with Gasteiger partial charge in [0.1, 0.15) is 5.69 Å². The Hall–Kier alpha value is -2.44. The third kappa shape index (κ3) is 4.28. The fraction of sp³-hybridized carbons (Fsp3) is 0.0625. The summed E-state index contributed by atoms with van der Waals surface area (Å²) in [5.41, 5.74) is 2.57. The molecule has 0 aliphatic carbocycles. The third-order valence-electron chi connectivity index (χ3n) is 3.05. The van der Waals surface area contributed by atoms with Crippen molar-refractivity contribution >= 4 is 34.9 Å². The second-order valence-corrected chi connectivity index (χ2v) is 5.96. The van der Waals surface area contributed by atoms with Crippen LogP contribution in [0.5, 0.6) is 0 Å². The van der Waals surface area contributed by atoms with Crippen molar-refractivity contribution < 1.29 is 4.79 Å². The van der Waals surface area contributed by atoms with Crippen LogP contribution in [0, 0.1) is 0 Å². The Labute approximate surface area is 142 Å². The molecule has 2 aromatic heterocycles. The molecule has 5 nitrogen and oxygen atoms in total. The molecule has 7 heteroatoms. The number of nitrogens with one attached hydrogen (secondary N) is 1. The van der Waals surface area contributed by atoms with Crippen LogP contribution in [0.4, 0.5) is 0 Å². The quantitative estimate of drug-likeness (QED) is 0.722. The fourth-order valence-corrected chi connectivity index (χ4v) is 2.62. The van der Waals surface area contributed by atoms with Crippen molar-refractivity contribution in [3.63, 3.8) is 0 Å². The number of nitrogens with zero attached hydrogens (tertiary/aromatic N) is 3. The molecule has 0 saturated heterocycles. The van der Waals surface area contributed by atoms with E-state index in [0.717, 1.165) is 11.3 Å². The summed E-state index contributed by atoms with van der Waals surface area (Å²) in [5.74, 6) is -0.190. The zero-order valence-corrected chi connectivity index (χ0v) is 13.6. The predicted molar refractivity (Wildman–Crippen MR) is 91.6 cm³/mol. The Balaban J connectivity index is 1.54. The Bertz CT molecular complexity index is 809. The highest BCUT2D eigenvalue weighted by molar-refractivity contribution is 7.08. The van der Waals surface area contributed by atoms with E-state index in [4.69, 9.17) is 11.6 Å². The first kappa shape index (κ1) is 15.5. The summed E-state index contributed by atoms with van der Waals surface area (Å²) in [6, 6.07) is 9.21. The van der Waals surface area contributed by atoms with Gasteiger partial charge >= 0.3 is 0 Å². The van der Waals surface area contributed by atoms with Gasteiger partial charge < -0.3 is 5.32 Å². The van der Waals surface area contributed by atoms with Gasteiger partial charge in [0.15, 0.2) is 0 Å². The lowest BCUT2D eigenvalue weighted by Crippen LogP contribution is -2.20. The van der Waals surface area contributed by atoms with Crippen LogP contribution < -0.4 is 5.32 Å². The molecule has 1 N–H and O–H groups in total. The molecular weight excluding hydrogens is 332 g/mol. The fourth-order valence-electron chi connectivity index (χ4n) is 1.88. The van der Waals surface area contributed by atoms with Crippen molar-refractivity contribution in [2.24, 2.45) is 0 Å². The average Bonchev–Trinajstić information content (AvgIpc) is 3.23. The third-order valence-corrected chi connectivity index (χ3v) is 3.98. The van der Waals surface area contributed by atoms with Crippen LogP contribution in [0.1, 0.15) is 11.3 Å². The molecule has 0 spiro atoms. The summed E-state index contributed by atoms with van der Waals surface area (Å²) in [6.07, 6.45) is 5.01. The van der Waals surface area contributed by atoms with E-state index >= 15 is 0 Å². The maximum atomic E-state index is 11.8. The first-order valence-electron chi connectivity index (χ1n) is 6.86. The summed E-state index contributed by atoms with van der Waals surface area (Å²) >= 11 is 7.40.